The molecular formula is C15H20BrF2N3O2. The van der Waals surface area contributed by atoms with Gasteiger partial charge in [-0.2, -0.15) is 0 Å². The van der Waals surface area contributed by atoms with Crippen LogP contribution in [0.1, 0.15) is 39.5 Å². The molecule has 0 unspecified atom stereocenters. The van der Waals surface area contributed by atoms with E-state index in [1.165, 1.54) is 12.3 Å². The first-order chi connectivity index (χ1) is 10.7. The number of rotatable bonds is 5. The number of aromatic nitrogens is 1. The van der Waals surface area contributed by atoms with E-state index < -0.39 is 10.8 Å². The van der Waals surface area contributed by atoms with E-state index in [2.05, 4.69) is 20.9 Å². The van der Waals surface area contributed by atoms with Gasteiger partial charge in [-0.05, 0) is 34.7 Å². The Morgan fingerprint density at radius 3 is 2.61 bits per heavy atom. The van der Waals surface area contributed by atoms with E-state index in [1.54, 1.807) is 0 Å². The molecule has 0 spiro atoms. The van der Waals surface area contributed by atoms with Gasteiger partial charge >= 0.3 is 5.69 Å². The van der Waals surface area contributed by atoms with Gasteiger partial charge in [-0.25, -0.2) is 13.8 Å². The lowest BCUT2D eigenvalue weighted by molar-refractivity contribution is -0.384. The van der Waals surface area contributed by atoms with Crippen molar-refractivity contribution in [1.29, 1.82) is 0 Å². The number of pyridine rings is 1. The average molecular weight is 392 g/mol. The van der Waals surface area contributed by atoms with Crippen molar-refractivity contribution in [2.24, 2.45) is 5.92 Å². The summed E-state index contributed by atoms with van der Waals surface area (Å²) in [7, 11) is 0. The van der Waals surface area contributed by atoms with Crippen molar-refractivity contribution in [3.8, 4) is 0 Å². The molecule has 0 aromatic carbocycles. The van der Waals surface area contributed by atoms with E-state index in [1.807, 2.05) is 18.7 Å². The normalized spacial score (nSPS) is 18.2. The lowest BCUT2D eigenvalue weighted by atomic mass is 9.90. The van der Waals surface area contributed by atoms with Gasteiger partial charge in [0.25, 0.3) is 0 Å². The zero-order valence-corrected chi connectivity index (χ0v) is 14.7. The first kappa shape index (κ1) is 18.0. The molecular weight excluding hydrogens is 372 g/mol. The molecule has 0 amide bonds. The monoisotopic (exact) mass is 391 g/mol. The Kier molecular flexibility index (Phi) is 5.54. The molecule has 5 nitrogen and oxygen atoms in total. The van der Waals surface area contributed by atoms with Crippen molar-refractivity contribution in [2.75, 3.05) is 11.4 Å². The van der Waals surface area contributed by atoms with Gasteiger partial charge in [-0.15, -0.1) is 0 Å². The molecule has 1 aromatic rings. The van der Waals surface area contributed by atoms with Crippen LogP contribution in [0.3, 0.4) is 0 Å². The fourth-order valence-electron chi connectivity index (χ4n) is 2.92. The molecule has 1 aliphatic rings. The molecule has 8 heteroatoms. The van der Waals surface area contributed by atoms with E-state index in [9.17, 15) is 18.9 Å². The smallest absolute Gasteiger partial charge is 0.312 e. The molecule has 0 bridgehead atoms. The third-order valence-electron chi connectivity index (χ3n) is 3.97. The standard InChI is InChI=1S/C15H20BrF2N3O2/c1-10(2)9-20(12-3-5-15(17,18)6-4-12)14-13(21(22)23)7-11(16)8-19-14/h7-8,10,12H,3-6,9H2,1-2H3. The predicted octanol–water partition coefficient (Wildman–Crippen LogP) is 4.79. The highest BCUT2D eigenvalue weighted by molar-refractivity contribution is 9.10. The maximum atomic E-state index is 13.4. The van der Waals surface area contributed by atoms with Gasteiger partial charge in [-0.1, -0.05) is 13.8 Å². The van der Waals surface area contributed by atoms with Crippen LogP contribution in [0.25, 0.3) is 0 Å². The van der Waals surface area contributed by atoms with Crippen LogP contribution in [0.2, 0.25) is 0 Å². The Morgan fingerprint density at radius 1 is 1.48 bits per heavy atom. The first-order valence-corrected chi connectivity index (χ1v) is 8.43. The van der Waals surface area contributed by atoms with Gasteiger partial charge < -0.3 is 4.90 Å². The minimum absolute atomic E-state index is 0.0997. The summed E-state index contributed by atoms with van der Waals surface area (Å²) in [5.74, 6) is -2.12. The third-order valence-corrected chi connectivity index (χ3v) is 4.41. The second kappa shape index (κ2) is 7.07. The Hall–Kier alpha value is -1.31. The maximum Gasteiger partial charge on any atom is 0.312 e. The van der Waals surface area contributed by atoms with Crippen LogP contribution in [0, 0.1) is 16.0 Å². The third kappa shape index (κ3) is 4.59. The van der Waals surface area contributed by atoms with Crippen LogP contribution >= 0.6 is 15.9 Å². The molecule has 0 radical (unpaired) electrons. The highest BCUT2D eigenvalue weighted by Crippen LogP contribution is 2.38. The lowest BCUT2D eigenvalue weighted by Gasteiger charge is -2.38. The van der Waals surface area contributed by atoms with Crippen molar-refractivity contribution in [1.82, 2.24) is 4.98 Å². The van der Waals surface area contributed by atoms with Gasteiger partial charge in [-0.3, -0.25) is 10.1 Å². The van der Waals surface area contributed by atoms with Crippen LogP contribution in [0.5, 0.6) is 0 Å². The molecule has 0 aliphatic heterocycles. The zero-order chi connectivity index (χ0) is 17.2. The predicted molar refractivity (Wildman–Crippen MR) is 88.0 cm³/mol. The number of anilines is 1. The first-order valence-electron chi connectivity index (χ1n) is 7.64. The summed E-state index contributed by atoms with van der Waals surface area (Å²) in [6.45, 7) is 4.54. The number of halogens is 3. The topological polar surface area (TPSA) is 59.3 Å². The fraction of sp³-hybridized carbons (Fsp3) is 0.667. The highest BCUT2D eigenvalue weighted by atomic mass is 79.9. The molecule has 0 atom stereocenters. The summed E-state index contributed by atoms with van der Waals surface area (Å²) >= 11 is 3.19. The van der Waals surface area contributed by atoms with Gasteiger partial charge in [0.05, 0.1) is 4.92 Å². The van der Waals surface area contributed by atoms with Gasteiger partial charge in [0.15, 0.2) is 0 Å². The van der Waals surface area contributed by atoms with Gasteiger partial charge in [0.2, 0.25) is 11.7 Å². The SMILES string of the molecule is CC(C)CN(c1ncc(Br)cc1[N+](=O)[O-])C1CCC(F)(F)CC1. The van der Waals surface area contributed by atoms with E-state index in [0.29, 0.717) is 23.9 Å². The molecule has 1 heterocycles. The summed E-state index contributed by atoms with van der Waals surface area (Å²) in [6.07, 6.45) is 1.77. The number of hydrogen-bond donors (Lipinski definition) is 0. The van der Waals surface area contributed by atoms with Crippen molar-refractivity contribution in [3.63, 3.8) is 0 Å². The second-order valence-corrected chi connectivity index (χ2v) is 7.30. The number of alkyl halides is 2. The van der Waals surface area contributed by atoms with Crippen LogP contribution < -0.4 is 4.90 Å². The molecule has 23 heavy (non-hydrogen) atoms. The maximum absolute atomic E-state index is 13.4. The summed E-state index contributed by atoms with van der Waals surface area (Å²) in [5, 5.41) is 11.3. The van der Waals surface area contributed by atoms with E-state index in [4.69, 9.17) is 0 Å². The Balaban J connectivity index is 2.34. The average Bonchev–Trinajstić information content (AvgIpc) is 2.45. The Bertz CT molecular complexity index is 574. The van der Waals surface area contributed by atoms with Crippen LogP contribution in [-0.2, 0) is 0 Å². The van der Waals surface area contributed by atoms with Crippen molar-refractivity contribution >= 4 is 27.4 Å². The summed E-state index contributed by atoms with van der Waals surface area (Å²) in [5.41, 5.74) is -0.0997. The quantitative estimate of drug-likeness (QED) is 0.534. The number of hydrogen-bond acceptors (Lipinski definition) is 4. The van der Waals surface area contributed by atoms with E-state index in [0.717, 1.165) is 0 Å². The van der Waals surface area contributed by atoms with Crippen LogP contribution in [-0.4, -0.2) is 28.4 Å². The summed E-state index contributed by atoms with van der Waals surface area (Å²) in [4.78, 5) is 16.9. The van der Waals surface area contributed by atoms with Crippen LogP contribution in [0.15, 0.2) is 16.7 Å². The summed E-state index contributed by atoms with van der Waals surface area (Å²) < 4.78 is 27.4. The largest absolute Gasteiger partial charge is 0.348 e. The van der Waals surface area contributed by atoms with E-state index >= 15 is 0 Å². The van der Waals surface area contributed by atoms with E-state index in [-0.39, 0.29) is 36.3 Å². The fourth-order valence-corrected chi connectivity index (χ4v) is 3.23. The van der Waals surface area contributed by atoms with Crippen molar-refractivity contribution in [3.05, 3.63) is 26.9 Å². The number of nitrogens with zero attached hydrogens (tertiary/aromatic N) is 3. The lowest BCUT2D eigenvalue weighted by Crippen LogP contribution is -2.43. The molecule has 1 fully saturated rings. The molecule has 128 valence electrons. The van der Waals surface area contributed by atoms with Crippen molar-refractivity contribution in [2.45, 2.75) is 51.5 Å². The van der Waals surface area contributed by atoms with Gasteiger partial charge in [0.1, 0.15) is 0 Å². The Labute approximate surface area is 142 Å². The van der Waals surface area contributed by atoms with Gasteiger partial charge in [0, 0.05) is 42.2 Å². The molecule has 1 aliphatic carbocycles. The number of nitro groups is 1. The van der Waals surface area contributed by atoms with Crippen molar-refractivity contribution < 1.29 is 13.7 Å². The molecule has 0 N–H and O–H groups in total. The minimum Gasteiger partial charge on any atom is -0.348 e. The highest BCUT2D eigenvalue weighted by Gasteiger charge is 2.38. The Morgan fingerprint density at radius 2 is 2.09 bits per heavy atom. The molecule has 0 saturated heterocycles. The summed E-state index contributed by atoms with van der Waals surface area (Å²) in [6, 6.07) is 1.26. The molecule has 1 saturated carbocycles. The van der Waals surface area contributed by atoms with Crippen LogP contribution in [0.4, 0.5) is 20.3 Å². The zero-order valence-electron chi connectivity index (χ0n) is 13.1. The second-order valence-electron chi connectivity index (χ2n) is 6.39. The molecule has 2 rings (SSSR count). The minimum atomic E-state index is -2.63. The molecule has 1 aromatic heterocycles.